The summed E-state index contributed by atoms with van der Waals surface area (Å²) in [7, 11) is 1.68. The topological polar surface area (TPSA) is 64.3 Å². The summed E-state index contributed by atoms with van der Waals surface area (Å²) in [5, 5.41) is 2.94. The summed E-state index contributed by atoms with van der Waals surface area (Å²) in [5.74, 6) is 0.375. The number of hydrogen-bond donors (Lipinski definition) is 2. The van der Waals surface area contributed by atoms with Gasteiger partial charge in [-0.05, 0) is 18.8 Å². The summed E-state index contributed by atoms with van der Waals surface area (Å²) in [6.45, 7) is 4.71. The van der Waals surface area contributed by atoms with Crippen LogP contribution in [0.4, 0.5) is 0 Å². The number of methoxy groups -OCH3 is 1. The van der Waals surface area contributed by atoms with Crippen LogP contribution >= 0.6 is 12.4 Å². The first-order valence-corrected chi connectivity index (χ1v) is 6.59. The van der Waals surface area contributed by atoms with Gasteiger partial charge >= 0.3 is 0 Å². The lowest BCUT2D eigenvalue weighted by Gasteiger charge is -2.32. The van der Waals surface area contributed by atoms with Gasteiger partial charge in [0.1, 0.15) is 0 Å². The van der Waals surface area contributed by atoms with Gasteiger partial charge in [0.2, 0.25) is 5.91 Å². The van der Waals surface area contributed by atoms with Crippen LogP contribution in [0.3, 0.4) is 0 Å². The molecule has 3 N–H and O–H groups in total. The first-order chi connectivity index (χ1) is 7.99. The molecule has 0 aromatic carbocycles. The van der Waals surface area contributed by atoms with Crippen LogP contribution in [0.25, 0.3) is 0 Å². The van der Waals surface area contributed by atoms with Crippen molar-refractivity contribution >= 4 is 18.3 Å². The highest BCUT2D eigenvalue weighted by Crippen LogP contribution is 2.25. The number of ether oxygens (including phenoxy) is 1. The standard InChI is InChI=1S/C13H26N2O2.ClH/c1-10(2)11(17-3)9-15-12(16)13(14)7-5-4-6-8-13;/h10-11H,4-9,14H2,1-3H3,(H,15,16);1H. The fourth-order valence-corrected chi connectivity index (χ4v) is 2.37. The second kappa shape index (κ2) is 7.97. The molecule has 1 unspecified atom stereocenters. The second-order valence-electron chi connectivity index (χ2n) is 5.44. The molecular weight excluding hydrogens is 252 g/mol. The number of amides is 1. The molecule has 0 saturated heterocycles. The normalized spacial score (nSPS) is 20.1. The SMILES string of the molecule is COC(CNC(=O)C1(N)CCCCC1)C(C)C.Cl. The van der Waals surface area contributed by atoms with Gasteiger partial charge in [0.25, 0.3) is 0 Å². The monoisotopic (exact) mass is 278 g/mol. The van der Waals surface area contributed by atoms with E-state index in [9.17, 15) is 4.79 Å². The van der Waals surface area contributed by atoms with Gasteiger partial charge in [0, 0.05) is 13.7 Å². The molecule has 1 fully saturated rings. The average molecular weight is 279 g/mol. The summed E-state index contributed by atoms with van der Waals surface area (Å²) in [4.78, 5) is 12.1. The fourth-order valence-electron chi connectivity index (χ4n) is 2.37. The Balaban J connectivity index is 0.00000289. The van der Waals surface area contributed by atoms with Crippen molar-refractivity contribution in [3.8, 4) is 0 Å². The van der Waals surface area contributed by atoms with E-state index in [2.05, 4.69) is 19.2 Å². The fraction of sp³-hybridized carbons (Fsp3) is 0.923. The van der Waals surface area contributed by atoms with Crippen LogP contribution in [-0.4, -0.2) is 31.2 Å². The third-order valence-electron chi connectivity index (χ3n) is 3.71. The van der Waals surface area contributed by atoms with Gasteiger partial charge in [-0.1, -0.05) is 33.1 Å². The summed E-state index contributed by atoms with van der Waals surface area (Å²) in [6.07, 6.45) is 4.98. The summed E-state index contributed by atoms with van der Waals surface area (Å²) < 4.78 is 5.33. The van der Waals surface area contributed by atoms with Gasteiger partial charge < -0.3 is 15.8 Å². The number of hydrogen-bond acceptors (Lipinski definition) is 3. The molecule has 18 heavy (non-hydrogen) atoms. The predicted molar refractivity (Wildman–Crippen MR) is 75.9 cm³/mol. The van der Waals surface area contributed by atoms with Crippen LogP contribution in [0.15, 0.2) is 0 Å². The molecule has 0 aromatic heterocycles. The van der Waals surface area contributed by atoms with Crippen LogP contribution in [0.5, 0.6) is 0 Å². The first-order valence-electron chi connectivity index (χ1n) is 6.59. The van der Waals surface area contributed by atoms with Crippen molar-refractivity contribution in [1.29, 1.82) is 0 Å². The van der Waals surface area contributed by atoms with Gasteiger partial charge in [-0.25, -0.2) is 0 Å². The number of nitrogens with one attached hydrogen (secondary N) is 1. The smallest absolute Gasteiger partial charge is 0.240 e. The molecule has 5 heteroatoms. The van der Waals surface area contributed by atoms with Gasteiger partial charge in [-0.3, -0.25) is 4.79 Å². The molecule has 0 aliphatic heterocycles. The lowest BCUT2D eigenvalue weighted by molar-refractivity contribution is -0.128. The van der Waals surface area contributed by atoms with E-state index in [0.29, 0.717) is 12.5 Å². The van der Waals surface area contributed by atoms with Crippen molar-refractivity contribution in [2.24, 2.45) is 11.7 Å². The van der Waals surface area contributed by atoms with Crippen LogP contribution in [0, 0.1) is 5.92 Å². The molecule has 1 amide bonds. The molecule has 108 valence electrons. The minimum atomic E-state index is -0.645. The highest BCUT2D eigenvalue weighted by Gasteiger charge is 2.35. The van der Waals surface area contributed by atoms with Gasteiger partial charge in [0.05, 0.1) is 11.6 Å². The maximum Gasteiger partial charge on any atom is 0.240 e. The van der Waals surface area contributed by atoms with Crippen LogP contribution in [0.2, 0.25) is 0 Å². The van der Waals surface area contributed by atoms with E-state index < -0.39 is 5.54 Å². The highest BCUT2D eigenvalue weighted by atomic mass is 35.5. The molecule has 1 saturated carbocycles. The molecule has 1 rings (SSSR count). The lowest BCUT2D eigenvalue weighted by Crippen LogP contribution is -2.56. The molecule has 0 heterocycles. The predicted octanol–water partition coefficient (Wildman–Crippen LogP) is 1.86. The Kier molecular flexibility index (Phi) is 7.83. The van der Waals surface area contributed by atoms with Crippen molar-refractivity contribution in [1.82, 2.24) is 5.32 Å². The van der Waals surface area contributed by atoms with Crippen molar-refractivity contribution < 1.29 is 9.53 Å². The van der Waals surface area contributed by atoms with Gasteiger partial charge in [-0.15, -0.1) is 12.4 Å². The molecule has 1 aliphatic carbocycles. The number of carbonyl (C=O) groups excluding carboxylic acids is 1. The maximum atomic E-state index is 12.1. The molecular formula is C13H27ClN2O2. The van der Waals surface area contributed by atoms with Crippen molar-refractivity contribution in [3.05, 3.63) is 0 Å². The minimum Gasteiger partial charge on any atom is -0.379 e. The van der Waals surface area contributed by atoms with E-state index in [1.807, 2.05) is 0 Å². The maximum absolute atomic E-state index is 12.1. The van der Waals surface area contributed by atoms with E-state index in [1.54, 1.807) is 7.11 Å². The van der Waals surface area contributed by atoms with Crippen molar-refractivity contribution in [2.45, 2.75) is 57.6 Å². The number of halogens is 1. The molecule has 1 aliphatic rings. The largest absolute Gasteiger partial charge is 0.379 e. The Hall–Kier alpha value is -0.320. The third-order valence-corrected chi connectivity index (χ3v) is 3.71. The quantitative estimate of drug-likeness (QED) is 0.807. The Morgan fingerprint density at radius 3 is 2.33 bits per heavy atom. The number of rotatable bonds is 5. The highest BCUT2D eigenvalue weighted by molar-refractivity contribution is 5.86. The summed E-state index contributed by atoms with van der Waals surface area (Å²) >= 11 is 0. The molecule has 4 nitrogen and oxygen atoms in total. The van der Waals surface area contributed by atoms with E-state index in [0.717, 1.165) is 25.7 Å². The number of carbonyl (C=O) groups is 1. The summed E-state index contributed by atoms with van der Waals surface area (Å²) in [6, 6.07) is 0. The molecule has 0 bridgehead atoms. The second-order valence-corrected chi connectivity index (χ2v) is 5.44. The molecule has 1 atom stereocenters. The molecule has 0 radical (unpaired) electrons. The Bertz CT molecular complexity index is 253. The summed E-state index contributed by atoms with van der Waals surface area (Å²) in [5.41, 5.74) is 5.51. The number of nitrogens with two attached hydrogens (primary N) is 1. The molecule has 0 aromatic rings. The van der Waals surface area contributed by atoms with Crippen molar-refractivity contribution in [2.75, 3.05) is 13.7 Å². The van der Waals surface area contributed by atoms with Crippen LogP contribution in [0.1, 0.15) is 46.0 Å². The Morgan fingerprint density at radius 2 is 1.89 bits per heavy atom. The lowest BCUT2D eigenvalue weighted by atomic mass is 9.82. The zero-order valence-electron chi connectivity index (χ0n) is 11.7. The zero-order chi connectivity index (χ0) is 12.9. The van der Waals surface area contributed by atoms with Crippen LogP contribution in [-0.2, 0) is 9.53 Å². The Labute approximate surface area is 116 Å². The third kappa shape index (κ3) is 4.75. The Morgan fingerprint density at radius 1 is 1.33 bits per heavy atom. The van der Waals surface area contributed by atoms with Gasteiger partial charge in [-0.2, -0.15) is 0 Å². The van der Waals surface area contributed by atoms with E-state index in [-0.39, 0.29) is 24.4 Å². The average Bonchev–Trinajstić information content (AvgIpc) is 2.30. The van der Waals surface area contributed by atoms with E-state index in [1.165, 1.54) is 6.42 Å². The first kappa shape index (κ1) is 17.7. The van der Waals surface area contributed by atoms with Crippen molar-refractivity contribution in [3.63, 3.8) is 0 Å². The van der Waals surface area contributed by atoms with E-state index in [4.69, 9.17) is 10.5 Å². The zero-order valence-corrected chi connectivity index (χ0v) is 12.5. The molecule has 0 spiro atoms. The minimum absolute atomic E-state index is 0. The van der Waals surface area contributed by atoms with Gasteiger partial charge in [0.15, 0.2) is 0 Å². The van der Waals surface area contributed by atoms with Crippen LogP contribution < -0.4 is 11.1 Å². The van der Waals surface area contributed by atoms with E-state index >= 15 is 0 Å².